The fourth-order valence-corrected chi connectivity index (χ4v) is 4.98. The van der Waals surface area contributed by atoms with Crippen molar-refractivity contribution in [3.8, 4) is 5.88 Å². The van der Waals surface area contributed by atoms with Crippen LogP contribution in [0.3, 0.4) is 0 Å². The summed E-state index contributed by atoms with van der Waals surface area (Å²) in [6.07, 6.45) is -2.28. The van der Waals surface area contributed by atoms with Gasteiger partial charge in [0.25, 0.3) is 10.0 Å². The number of sulfonamides is 1. The normalized spacial score (nSPS) is 15.8. The van der Waals surface area contributed by atoms with Gasteiger partial charge in [-0.3, -0.25) is 9.62 Å². The second-order valence-corrected chi connectivity index (χ2v) is 11.0. The third-order valence-electron chi connectivity index (χ3n) is 6.04. The number of anilines is 1. The van der Waals surface area contributed by atoms with Crippen LogP contribution in [0.4, 0.5) is 23.4 Å². The first-order valence-electron chi connectivity index (χ1n) is 11.4. The summed E-state index contributed by atoms with van der Waals surface area (Å²) in [5.74, 6) is -0.340. The van der Waals surface area contributed by atoms with E-state index in [9.17, 15) is 26.0 Å². The van der Waals surface area contributed by atoms with E-state index in [1.54, 1.807) is 18.2 Å². The van der Waals surface area contributed by atoms with Crippen LogP contribution >= 0.6 is 0 Å². The summed E-state index contributed by atoms with van der Waals surface area (Å²) >= 11 is 0. The zero-order chi connectivity index (χ0) is 27.0. The maximum Gasteiger partial charge on any atom is 0.422 e. The molecule has 3 heterocycles. The lowest BCUT2D eigenvalue weighted by Crippen LogP contribution is -2.33. The molecule has 1 N–H and O–H groups in total. The van der Waals surface area contributed by atoms with E-state index in [2.05, 4.69) is 24.5 Å². The summed E-state index contributed by atoms with van der Waals surface area (Å²) in [7, 11) is -4.01. The van der Waals surface area contributed by atoms with E-state index >= 15 is 0 Å². The SMILES string of the molecule is CC(c1ccc(OCC(F)(F)F)nc1)N1CCc2ccc(S(=O)(=O)Nc3cc(C(C)(C)F)on3)cc2C1. The van der Waals surface area contributed by atoms with Gasteiger partial charge in [-0.2, -0.15) is 13.2 Å². The van der Waals surface area contributed by atoms with Crippen molar-refractivity contribution in [3.63, 3.8) is 0 Å². The molecule has 200 valence electrons. The number of aromatic nitrogens is 2. The van der Waals surface area contributed by atoms with Gasteiger partial charge in [0.15, 0.2) is 23.9 Å². The Bertz CT molecular complexity index is 1350. The fourth-order valence-electron chi connectivity index (χ4n) is 3.94. The molecule has 0 amide bonds. The van der Waals surface area contributed by atoms with Crippen molar-refractivity contribution in [2.45, 2.75) is 56.5 Å². The molecule has 0 saturated carbocycles. The van der Waals surface area contributed by atoms with Gasteiger partial charge in [0.1, 0.15) is 0 Å². The lowest BCUT2D eigenvalue weighted by molar-refractivity contribution is -0.154. The zero-order valence-corrected chi connectivity index (χ0v) is 21.2. The molecule has 8 nitrogen and oxygen atoms in total. The summed E-state index contributed by atoms with van der Waals surface area (Å²) in [6.45, 7) is 4.22. The van der Waals surface area contributed by atoms with Gasteiger partial charge < -0.3 is 9.26 Å². The molecular weight excluding hydrogens is 516 g/mol. The van der Waals surface area contributed by atoms with E-state index in [0.717, 1.165) is 16.7 Å². The quantitative estimate of drug-likeness (QED) is 0.394. The molecule has 1 aromatic carbocycles. The minimum Gasteiger partial charge on any atom is -0.468 e. The molecule has 1 atom stereocenters. The van der Waals surface area contributed by atoms with Gasteiger partial charge in [-0.15, -0.1) is 0 Å². The molecule has 1 aliphatic heterocycles. The lowest BCUT2D eigenvalue weighted by atomic mass is 9.97. The second-order valence-electron chi connectivity index (χ2n) is 9.31. The highest BCUT2D eigenvalue weighted by atomic mass is 32.2. The Labute approximate surface area is 211 Å². The maximum atomic E-state index is 14.0. The average Bonchev–Trinajstić information content (AvgIpc) is 3.30. The lowest BCUT2D eigenvalue weighted by Gasteiger charge is -2.34. The Hall–Kier alpha value is -3.19. The molecule has 0 bridgehead atoms. The summed E-state index contributed by atoms with van der Waals surface area (Å²) < 4.78 is 88.8. The van der Waals surface area contributed by atoms with Crippen LogP contribution in [-0.4, -0.2) is 42.8 Å². The molecule has 37 heavy (non-hydrogen) atoms. The van der Waals surface area contributed by atoms with E-state index in [0.29, 0.717) is 19.5 Å². The highest BCUT2D eigenvalue weighted by molar-refractivity contribution is 7.92. The van der Waals surface area contributed by atoms with Crippen molar-refractivity contribution >= 4 is 15.8 Å². The minimum atomic E-state index is -4.44. The fraction of sp³-hybridized carbons (Fsp3) is 0.417. The van der Waals surface area contributed by atoms with Crippen molar-refractivity contribution in [1.29, 1.82) is 0 Å². The standard InChI is InChI=1S/C24H26F4N4O4S/c1-15(17-5-7-22(29-12-17)35-14-24(26,27)28)32-9-8-16-4-6-19(10-18(16)13-32)37(33,34)31-21-11-20(36-30-21)23(2,3)25/h4-7,10-12,15H,8-9,13-14H2,1-3H3,(H,30,31). The minimum absolute atomic E-state index is 0.0256. The maximum absolute atomic E-state index is 14.0. The van der Waals surface area contributed by atoms with Gasteiger partial charge in [0, 0.05) is 37.5 Å². The molecular formula is C24H26F4N4O4S. The predicted octanol–water partition coefficient (Wildman–Crippen LogP) is 5.14. The van der Waals surface area contributed by atoms with E-state index in [1.807, 2.05) is 6.92 Å². The Morgan fingerprint density at radius 1 is 1.14 bits per heavy atom. The Kier molecular flexibility index (Phi) is 7.21. The summed E-state index contributed by atoms with van der Waals surface area (Å²) in [5.41, 5.74) is 0.809. The number of rotatable bonds is 8. The van der Waals surface area contributed by atoms with Gasteiger partial charge in [-0.1, -0.05) is 17.3 Å². The van der Waals surface area contributed by atoms with Gasteiger partial charge in [0.2, 0.25) is 5.88 Å². The predicted molar refractivity (Wildman–Crippen MR) is 126 cm³/mol. The number of ether oxygens (including phenoxy) is 1. The topological polar surface area (TPSA) is 97.6 Å². The number of alkyl halides is 4. The molecule has 0 saturated heterocycles. The summed E-state index contributed by atoms with van der Waals surface area (Å²) in [5, 5.41) is 3.60. The molecule has 0 fully saturated rings. The van der Waals surface area contributed by atoms with Crippen LogP contribution in [0.2, 0.25) is 0 Å². The molecule has 0 spiro atoms. The van der Waals surface area contributed by atoms with Gasteiger partial charge in [-0.05, 0) is 56.0 Å². The van der Waals surface area contributed by atoms with Gasteiger partial charge >= 0.3 is 6.18 Å². The molecule has 2 aromatic heterocycles. The van der Waals surface area contributed by atoms with Crippen molar-refractivity contribution < 1.29 is 35.2 Å². The second kappa shape index (κ2) is 9.93. The number of nitrogens with one attached hydrogen (secondary N) is 1. The number of pyridine rings is 1. The first-order chi connectivity index (χ1) is 17.2. The van der Waals surface area contributed by atoms with E-state index < -0.39 is 28.5 Å². The van der Waals surface area contributed by atoms with Crippen molar-refractivity contribution in [3.05, 3.63) is 65.0 Å². The first-order valence-corrected chi connectivity index (χ1v) is 12.9. The van der Waals surface area contributed by atoms with Crippen LogP contribution in [0.15, 0.2) is 52.0 Å². The highest BCUT2D eigenvalue weighted by Gasteiger charge is 2.29. The molecule has 3 aromatic rings. The largest absolute Gasteiger partial charge is 0.468 e. The smallest absolute Gasteiger partial charge is 0.422 e. The Morgan fingerprint density at radius 2 is 1.89 bits per heavy atom. The number of benzene rings is 1. The van der Waals surface area contributed by atoms with Crippen molar-refractivity contribution in [2.75, 3.05) is 17.9 Å². The van der Waals surface area contributed by atoms with Crippen LogP contribution < -0.4 is 9.46 Å². The first kappa shape index (κ1) is 26.9. The molecule has 4 rings (SSSR count). The highest BCUT2D eigenvalue weighted by Crippen LogP contribution is 2.31. The van der Waals surface area contributed by atoms with Crippen LogP contribution in [0.5, 0.6) is 5.88 Å². The number of halogens is 4. The molecule has 0 radical (unpaired) electrons. The molecule has 0 aliphatic carbocycles. The third kappa shape index (κ3) is 6.58. The Balaban J connectivity index is 1.46. The Morgan fingerprint density at radius 3 is 2.51 bits per heavy atom. The third-order valence-corrected chi connectivity index (χ3v) is 7.39. The van der Waals surface area contributed by atoms with E-state index in [1.165, 1.54) is 38.2 Å². The van der Waals surface area contributed by atoms with E-state index in [-0.39, 0.29) is 28.4 Å². The molecule has 1 aliphatic rings. The van der Waals surface area contributed by atoms with Crippen molar-refractivity contribution in [1.82, 2.24) is 15.0 Å². The monoisotopic (exact) mass is 542 g/mol. The number of hydrogen-bond donors (Lipinski definition) is 1. The van der Waals surface area contributed by atoms with Gasteiger partial charge in [0.05, 0.1) is 4.90 Å². The van der Waals surface area contributed by atoms with Crippen LogP contribution in [0, 0.1) is 0 Å². The summed E-state index contributed by atoms with van der Waals surface area (Å²) in [4.78, 5) is 6.11. The van der Waals surface area contributed by atoms with Gasteiger partial charge in [-0.25, -0.2) is 17.8 Å². The molecule has 1 unspecified atom stereocenters. The average molecular weight is 543 g/mol. The number of hydrogen-bond acceptors (Lipinski definition) is 7. The number of fused-ring (bicyclic) bond motifs is 1. The summed E-state index contributed by atoms with van der Waals surface area (Å²) in [6, 6.07) is 8.98. The van der Waals surface area contributed by atoms with E-state index in [4.69, 9.17) is 4.52 Å². The number of nitrogens with zero attached hydrogens (tertiary/aromatic N) is 3. The van der Waals surface area contributed by atoms with Crippen molar-refractivity contribution in [2.24, 2.45) is 0 Å². The zero-order valence-electron chi connectivity index (χ0n) is 20.3. The molecule has 13 heteroatoms. The van der Waals surface area contributed by atoms with Crippen LogP contribution in [-0.2, 0) is 28.7 Å². The van der Waals surface area contributed by atoms with Crippen LogP contribution in [0.1, 0.15) is 49.3 Å². The van der Waals surface area contributed by atoms with Crippen LogP contribution in [0.25, 0.3) is 0 Å².